The van der Waals surface area contributed by atoms with Gasteiger partial charge in [0.25, 0.3) is 0 Å². The summed E-state index contributed by atoms with van der Waals surface area (Å²) in [7, 11) is -3.71. The van der Waals surface area contributed by atoms with Gasteiger partial charge in [-0.3, -0.25) is 14.5 Å². The Morgan fingerprint density at radius 3 is 2.59 bits per heavy atom. The number of hydrogen-bond acceptors (Lipinski definition) is 5. The number of hydrogen-bond donors (Lipinski definition) is 0. The lowest BCUT2D eigenvalue weighted by Crippen LogP contribution is -2.33. The monoisotopic (exact) mass is 478 g/mol. The van der Waals surface area contributed by atoms with Gasteiger partial charge in [-0.05, 0) is 55.4 Å². The molecule has 8 heteroatoms. The van der Waals surface area contributed by atoms with E-state index in [9.17, 15) is 13.2 Å². The average Bonchev–Trinajstić information content (AvgIpc) is 3.40. The zero-order valence-electron chi connectivity index (χ0n) is 19.9. The average molecular weight is 479 g/mol. The van der Waals surface area contributed by atoms with Crippen LogP contribution in [0.3, 0.4) is 0 Å². The van der Waals surface area contributed by atoms with Gasteiger partial charge in [0.05, 0.1) is 34.4 Å². The lowest BCUT2D eigenvalue weighted by molar-refractivity contribution is 0.0908. The number of ketones is 1. The predicted molar refractivity (Wildman–Crippen MR) is 129 cm³/mol. The second kappa shape index (κ2) is 8.43. The number of nitrogens with zero attached hydrogens (tertiary/aromatic N) is 4. The van der Waals surface area contributed by atoms with Gasteiger partial charge >= 0.3 is 0 Å². The van der Waals surface area contributed by atoms with Gasteiger partial charge in [-0.15, -0.1) is 0 Å². The van der Waals surface area contributed by atoms with Crippen LogP contribution in [0, 0.1) is 12.3 Å². The van der Waals surface area contributed by atoms with Crippen LogP contribution in [0.5, 0.6) is 0 Å². The van der Waals surface area contributed by atoms with Gasteiger partial charge in [0, 0.05) is 25.4 Å². The second-order valence-corrected chi connectivity index (χ2v) is 12.1. The minimum atomic E-state index is -3.71. The highest BCUT2D eigenvalue weighted by Crippen LogP contribution is 2.43. The lowest BCUT2D eigenvalue weighted by Gasteiger charge is -2.30. The zero-order valence-corrected chi connectivity index (χ0v) is 20.7. The molecule has 0 saturated carbocycles. The molecule has 7 nitrogen and oxygen atoms in total. The van der Waals surface area contributed by atoms with E-state index in [1.54, 1.807) is 28.8 Å². The number of aromatic nitrogens is 3. The predicted octanol–water partition coefficient (Wildman–Crippen LogP) is 4.32. The molecular formula is C26H30N4O3S. The zero-order chi connectivity index (χ0) is 24.1. The number of carbonyl (C=O) groups is 1. The van der Waals surface area contributed by atoms with Crippen molar-refractivity contribution in [3.63, 3.8) is 0 Å². The fourth-order valence-electron chi connectivity index (χ4n) is 5.21. The quantitative estimate of drug-likeness (QED) is 0.545. The fraction of sp³-hybridized carbons (Fsp3) is 0.423. The summed E-state index contributed by atoms with van der Waals surface area (Å²) in [6.07, 6.45) is 6.07. The summed E-state index contributed by atoms with van der Waals surface area (Å²) >= 11 is 0. The standard InChI is InChI=1S/C26H30N4O3S/c1-18-8-10-20(11-9-18)34(32,33)30-13-5-7-21(30)25-24-22(14-26(2,3)15-23(24)31)29(28-25)17-19-6-4-12-27-16-19/h4,6,8-12,16,21H,5,7,13-15,17H2,1-3H3/t21-/m0/s1. The molecule has 1 saturated heterocycles. The minimum absolute atomic E-state index is 0.0540. The fourth-order valence-corrected chi connectivity index (χ4v) is 6.88. The molecule has 1 atom stereocenters. The third-order valence-electron chi connectivity index (χ3n) is 6.85. The maximum Gasteiger partial charge on any atom is 0.243 e. The number of sulfonamides is 1. The number of pyridine rings is 1. The summed E-state index contributed by atoms with van der Waals surface area (Å²) in [6, 6.07) is 10.4. The van der Waals surface area contributed by atoms with E-state index >= 15 is 0 Å². The van der Waals surface area contributed by atoms with Gasteiger partial charge < -0.3 is 0 Å². The molecule has 3 aromatic rings. The number of fused-ring (bicyclic) bond motifs is 1. The molecule has 178 valence electrons. The molecule has 1 aliphatic carbocycles. The highest BCUT2D eigenvalue weighted by Gasteiger charge is 2.43. The summed E-state index contributed by atoms with van der Waals surface area (Å²) in [5.74, 6) is 0.0540. The van der Waals surface area contributed by atoms with Crippen molar-refractivity contribution < 1.29 is 13.2 Å². The molecule has 0 unspecified atom stereocenters. The van der Waals surface area contributed by atoms with Crippen LogP contribution in [0.2, 0.25) is 0 Å². The molecule has 2 aromatic heterocycles. The summed E-state index contributed by atoms with van der Waals surface area (Å²) in [5, 5.41) is 4.92. The second-order valence-electron chi connectivity index (χ2n) is 10.3. The molecule has 1 aromatic carbocycles. The Hall–Kier alpha value is -2.84. The molecule has 1 fully saturated rings. The topological polar surface area (TPSA) is 85.2 Å². The highest BCUT2D eigenvalue weighted by atomic mass is 32.2. The molecule has 0 amide bonds. The SMILES string of the molecule is Cc1ccc(S(=O)(=O)N2CCC[C@H]2c2nn(Cc3cccnc3)c3c2C(=O)CC(C)(C)C3)cc1. The van der Waals surface area contributed by atoms with Crippen LogP contribution in [0.1, 0.15) is 72.0 Å². The van der Waals surface area contributed by atoms with Crippen LogP contribution < -0.4 is 0 Å². The molecule has 0 bridgehead atoms. The van der Waals surface area contributed by atoms with Crippen LogP contribution >= 0.6 is 0 Å². The molecule has 1 aliphatic heterocycles. The van der Waals surface area contributed by atoms with Gasteiger partial charge in [0.1, 0.15) is 0 Å². The Labute approximate surface area is 200 Å². The number of rotatable bonds is 5. The molecule has 0 N–H and O–H groups in total. The third-order valence-corrected chi connectivity index (χ3v) is 8.77. The van der Waals surface area contributed by atoms with Gasteiger partial charge in [0.2, 0.25) is 10.0 Å². The molecule has 34 heavy (non-hydrogen) atoms. The highest BCUT2D eigenvalue weighted by molar-refractivity contribution is 7.89. The van der Waals surface area contributed by atoms with Crippen molar-refractivity contribution in [1.82, 2.24) is 19.1 Å². The van der Waals surface area contributed by atoms with Gasteiger partial charge in [0.15, 0.2) is 5.78 Å². The van der Waals surface area contributed by atoms with E-state index in [0.717, 1.165) is 29.7 Å². The summed E-state index contributed by atoms with van der Waals surface area (Å²) in [5.41, 5.74) is 3.96. The van der Waals surface area contributed by atoms with Crippen molar-refractivity contribution in [1.29, 1.82) is 0 Å². The Kier molecular flexibility index (Phi) is 5.68. The first-order valence-corrected chi connectivity index (χ1v) is 13.2. The van der Waals surface area contributed by atoms with E-state index in [1.807, 2.05) is 35.9 Å². The Bertz CT molecular complexity index is 1330. The molecule has 3 heterocycles. The maximum atomic E-state index is 13.6. The van der Waals surface area contributed by atoms with Crippen LogP contribution in [0.25, 0.3) is 0 Å². The molecule has 0 radical (unpaired) electrons. The van der Waals surface area contributed by atoms with Crippen LogP contribution in [-0.2, 0) is 23.0 Å². The lowest BCUT2D eigenvalue weighted by atomic mass is 9.75. The van der Waals surface area contributed by atoms with Crippen molar-refractivity contribution >= 4 is 15.8 Å². The third kappa shape index (κ3) is 4.09. The first-order chi connectivity index (χ1) is 16.2. The summed E-state index contributed by atoms with van der Waals surface area (Å²) in [4.78, 5) is 17.9. The van der Waals surface area contributed by atoms with E-state index in [0.29, 0.717) is 37.2 Å². The van der Waals surface area contributed by atoms with Crippen LogP contribution in [-0.4, -0.2) is 39.8 Å². The normalized spacial score (nSPS) is 20.4. The van der Waals surface area contributed by atoms with Crippen LogP contribution in [0.15, 0.2) is 53.7 Å². The Morgan fingerprint density at radius 1 is 1.12 bits per heavy atom. The number of aryl methyl sites for hydroxylation is 1. The smallest absolute Gasteiger partial charge is 0.243 e. The Balaban J connectivity index is 1.59. The van der Waals surface area contributed by atoms with E-state index in [2.05, 4.69) is 18.8 Å². The number of Topliss-reactive ketones (excluding diaryl/α,β-unsaturated/α-hetero) is 1. The first-order valence-electron chi connectivity index (χ1n) is 11.8. The summed E-state index contributed by atoms with van der Waals surface area (Å²) in [6.45, 7) is 7.04. The summed E-state index contributed by atoms with van der Waals surface area (Å²) < 4.78 is 30.6. The van der Waals surface area contributed by atoms with Gasteiger partial charge in [-0.2, -0.15) is 9.40 Å². The van der Waals surface area contributed by atoms with Crippen molar-refractivity contribution in [2.45, 2.75) is 63.9 Å². The van der Waals surface area contributed by atoms with Crippen molar-refractivity contribution in [2.75, 3.05) is 6.54 Å². The number of benzene rings is 1. The van der Waals surface area contributed by atoms with E-state index in [4.69, 9.17) is 5.10 Å². The molecule has 0 spiro atoms. The number of carbonyl (C=O) groups excluding carboxylic acids is 1. The van der Waals surface area contributed by atoms with E-state index in [1.165, 1.54) is 0 Å². The van der Waals surface area contributed by atoms with Crippen molar-refractivity contribution in [3.8, 4) is 0 Å². The van der Waals surface area contributed by atoms with Gasteiger partial charge in [-0.1, -0.05) is 37.6 Å². The molecule has 2 aliphatic rings. The first kappa shape index (κ1) is 22.9. The van der Waals surface area contributed by atoms with Crippen molar-refractivity contribution in [2.24, 2.45) is 5.41 Å². The minimum Gasteiger partial charge on any atom is -0.294 e. The van der Waals surface area contributed by atoms with Crippen molar-refractivity contribution in [3.05, 3.63) is 76.9 Å². The maximum absolute atomic E-state index is 13.6. The van der Waals surface area contributed by atoms with Gasteiger partial charge in [-0.25, -0.2) is 8.42 Å². The largest absolute Gasteiger partial charge is 0.294 e. The Morgan fingerprint density at radius 2 is 1.88 bits per heavy atom. The van der Waals surface area contributed by atoms with E-state index < -0.39 is 16.1 Å². The molecule has 5 rings (SSSR count). The van der Waals surface area contributed by atoms with Crippen LogP contribution in [0.4, 0.5) is 0 Å². The van der Waals surface area contributed by atoms with E-state index in [-0.39, 0.29) is 16.1 Å². The molecular weight excluding hydrogens is 448 g/mol.